The zero-order valence-corrected chi connectivity index (χ0v) is 14.7. The largest absolute Gasteiger partial charge is 0.506 e. The second-order valence-electron chi connectivity index (χ2n) is 5.40. The Morgan fingerprint density at radius 1 is 1.19 bits per heavy atom. The molecule has 0 bridgehead atoms. The molecule has 0 radical (unpaired) electrons. The number of carbonyl (C=O) groups is 2. The van der Waals surface area contributed by atoms with E-state index >= 15 is 0 Å². The van der Waals surface area contributed by atoms with E-state index in [1.165, 1.54) is 42.5 Å². The summed E-state index contributed by atoms with van der Waals surface area (Å²) in [5.41, 5.74) is 1.12. The molecule has 26 heavy (non-hydrogen) atoms. The van der Waals surface area contributed by atoms with E-state index in [1.54, 1.807) is 6.07 Å². The predicted octanol–water partition coefficient (Wildman–Crippen LogP) is 4.19. The average molecular weight is 391 g/mol. The number of phenolic OH excluding ortho intramolecular Hbond substituents is 1. The molecule has 1 N–H and O–H groups in total. The Morgan fingerprint density at radius 3 is 2.50 bits per heavy atom. The van der Waals surface area contributed by atoms with Crippen molar-refractivity contribution >= 4 is 46.3 Å². The SMILES string of the molecule is O=C1SC(=Cc2ccc(O)c(Cl)c2)C(=O)N1Cc1ccc([N+](=O)[O-])cc1. The molecular weight excluding hydrogens is 380 g/mol. The highest BCUT2D eigenvalue weighted by molar-refractivity contribution is 8.18. The van der Waals surface area contributed by atoms with Crippen LogP contribution in [-0.4, -0.2) is 26.1 Å². The van der Waals surface area contributed by atoms with Gasteiger partial charge in [-0.1, -0.05) is 29.8 Å². The van der Waals surface area contributed by atoms with Crippen LogP contribution in [0.15, 0.2) is 47.4 Å². The van der Waals surface area contributed by atoms with Crippen LogP contribution in [-0.2, 0) is 11.3 Å². The Hall–Kier alpha value is -2.84. The molecule has 1 heterocycles. The zero-order chi connectivity index (χ0) is 18.8. The van der Waals surface area contributed by atoms with Crippen LogP contribution in [0.3, 0.4) is 0 Å². The summed E-state index contributed by atoms with van der Waals surface area (Å²) in [7, 11) is 0. The third-order valence-corrected chi connectivity index (χ3v) is 4.84. The van der Waals surface area contributed by atoms with Crippen molar-refractivity contribution < 1.29 is 19.6 Å². The van der Waals surface area contributed by atoms with Crippen molar-refractivity contribution in [2.24, 2.45) is 0 Å². The van der Waals surface area contributed by atoms with Gasteiger partial charge in [0.1, 0.15) is 5.75 Å². The summed E-state index contributed by atoms with van der Waals surface area (Å²) in [6.45, 7) is 0.0241. The lowest BCUT2D eigenvalue weighted by Gasteiger charge is -2.12. The van der Waals surface area contributed by atoms with Gasteiger partial charge in [-0.25, -0.2) is 0 Å². The molecule has 0 spiro atoms. The fraction of sp³-hybridized carbons (Fsp3) is 0.0588. The number of nitro groups is 1. The second-order valence-corrected chi connectivity index (χ2v) is 6.80. The minimum Gasteiger partial charge on any atom is -0.506 e. The molecule has 2 aromatic rings. The fourth-order valence-electron chi connectivity index (χ4n) is 2.31. The van der Waals surface area contributed by atoms with Gasteiger partial charge in [-0.05, 0) is 41.1 Å². The van der Waals surface area contributed by atoms with Gasteiger partial charge >= 0.3 is 0 Å². The third-order valence-electron chi connectivity index (χ3n) is 3.63. The van der Waals surface area contributed by atoms with Crippen molar-refractivity contribution in [1.82, 2.24) is 4.90 Å². The number of non-ortho nitro benzene ring substituents is 1. The highest BCUT2D eigenvalue weighted by atomic mass is 35.5. The maximum absolute atomic E-state index is 12.5. The minimum absolute atomic E-state index is 0.0241. The molecule has 9 heteroatoms. The first-order valence-electron chi connectivity index (χ1n) is 7.32. The molecule has 0 aliphatic carbocycles. The van der Waals surface area contributed by atoms with Crippen LogP contribution in [0.2, 0.25) is 5.02 Å². The number of nitro benzene ring substituents is 1. The monoisotopic (exact) mass is 390 g/mol. The summed E-state index contributed by atoms with van der Waals surface area (Å²) in [5, 5.41) is 19.8. The van der Waals surface area contributed by atoms with E-state index in [2.05, 4.69) is 0 Å². The minimum atomic E-state index is -0.518. The summed E-state index contributed by atoms with van der Waals surface area (Å²) < 4.78 is 0. The average Bonchev–Trinajstić information content (AvgIpc) is 2.86. The lowest BCUT2D eigenvalue weighted by molar-refractivity contribution is -0.384. The Labute approximate surface area is 157 Å². The molecule has 0 atom stereocenters. The van der Waals surface area contributed by atoms with E-state index in [0.717, 1.165) is 16.7 Å². The maximum Gasteiger partial charge on any atom is 0.293 e. The van der Waals surface area contributed by atoms with Crippen molar-refractivity contribution in [2.45, 2.75) is 6.54 Å². The van der Waals surface area contributed by atoms with Crippen LogP contribution in [0.4, 0.5) is 10.5 Å². The van der Waals surface area contributed by atoms with Gasteiger partial charge in [0, 0.05) is 12.1 Å². The number of thioether (sulfide) groups is 1. The summed E-state index contributed by atoms with van der Waals surface area (Å²) >= 11 is 6.64. The van der Waals surface area contributed by atoms with Gasteiger partial charge in [0.2, 0.25) is 0 Å². The maximum atomic E-state index is 12.5. The van der Waals surface area contributed by atoms with E-state index in [4.69, 9.17) is 11.6 Å². The van der Waals surface area contributed by atoms with Crippen molar-refractivity contribution in [3.8, 4) is 5.75 Å². The van der Waals surface area contributed by atoms with E-state index in [1.807, 2.05) is 0 Å². The van der Waals surface area contributed by atoms with Gasteiger partial charge in [-0.2, -0.15) is 0 Å². The molecule has 132 valence electrons. The van der Waals surface area contributed by atoms with Crippen LogP contribution in [0.1, 0.15) is 11.1 Å². The topological polar surface area (TPSA) is 101 Å². The third kappa shape index (κ3) is 3.71. The first-order chi connectivity index (χ1) is 12.3. The van der Waals surface area contributed by atoms with E-state index in [9.17, 15) is 24.8 Å². The molecule has 3 rings (SSSR count). The fourth-order valence-corrected chi connectivity index (χ4v) is 3.33. The molecule has 0 aromatic heterocycles. The number of hydrogen-bond donors (Lipinski definition) is 1. The number of aromatic hydroxyl groups is 1. The Balaban J connectivity index is 1.79. The van der Waals surface area contributed by atoms with Gasteiger partial charge < -0.3 is 5.11 Å². The number of carbonyl (C=O) groups excluding carboxylic acids is 2. The number of phenols is 1. The van der Waals surface area contributed by atoms with Gasteiger partial charge in [-0.15, -0.1) is 0 Å². The number of amides is 2. The first-order valence-corrected chi connectivity index (χ1v) is 8.52. The van der Waals surface area contributed by atoms with Crippen LogP contribution < -0.4 is 0 Å². The zero-order valence-electron chi connectivity index (χ0n) is 13.1. The molecule has 0 saturated carbocycles. The molecular formula is C17H11ClN2O5S. The summed E-state index contributed by atoms with van der Waals surface area (Å²) in [6.07, 6.45) is 1.52. The van der Waals surface area contributed by atoms with Gasteiger partial charge in [0.15, 0.2) is 0 Å². The highest BCUT2D eigenvalue weighted by Crippen LogP contribution is 2.34. The number of benzene rings is 2. The van der Waals surface area contributed by atoms with Crippen molar-refractivity contribution in [3.05, 3.63) is 73.6 Å². The van der Waals surface area contributed by atoms with Gasteiger partial charge in [0.25, 0.3) is 16.8 Å². The van der Waals surface area contributed by atoms with Gasteiger partial charge in [-0.3, -0.25) is 24.6 Å². The van der Waals surface area contributed by atoms with Gasteiger partial charge in [0.05, 0.1) is 21.4 Å². The Morgan fingerprint density at radius 2 is 1.88 bits per heavy atom. The summed E-state index contributed by atoms with van der Waals surface area (Å²) in [5.74, 6) is -0.530. The molecule has 1 saturated heterocycles. The van der Waals surface area contributed by atoms with Crippen LogP contribution >= 0.6 is 23.4 Å². The quantitative estimate of drug-likeness (QED) is 0.477. The lowest BCUT2D eigenvalue weighted by Crippen LogP contribution is -2.27. The standard InChI is InChI=1S/C17H11ClN2O5S/c18-13-7-11(3-6-14(13)21)8-15-16(22)19(17(23)26-15)9-10-1-4-12(5-2-10)20(24)25/h1-8,21H,9H2. The van der Waals surface area contributed by atoms with Crippen LogP contribution in [0, 0.1) is 10.1 Å². The molecule has 0 unspecified atom stereocenters. The van der Waals surface area contributed by atoms with E-state index in [0.29, 0.717) is 11.1 Å². The highest BCUT2D eigenvalue weighted by Gasteiger charge is 2.35. The second kappa shape index (κ2) is 7.19. The Bertz CT molecular complexity index is 943. The number of rotatable bonds is 4. The van der Waals surface area contributed by atoms with Crippen molar-refractivity contribution in [2.75, 3.05) is 0 Å². The summed E-state index contributed by atoms with van der Waals surface area (Å²) in [6, 6.07) is 10.1. The number of hydrogen-bond acceptors (Lipinski definition) is 6. The van der Waals surface area contributed by atoms with Crippen LogP contribution in [0.5, 0.6) is 5.75 Å². The van der Waals surface area contributed by atoms with Crippen molar-refractivity contribution in [3.63, 3.8) is 0 Å². The molecule has 2 amide bonds. The number of imide groups is 1. The normalized spacial score (nSPS) is 15.7. The molecule has 1 fully saturated rings. The van der Waals surface area contributed by atoms with Crippen molar-refractivity contribution in [1.29, 1.82) is 0 Å². The molecule has 7 nitrogen and oxygen atoms in total. The molecule has 2 aromatic carbocycles. The van der Waals surface area contributed by atoms with E-state index < -0.39 is 16.1 Å². The predicted molar refractivity (Wildman–Crippen MR) is 97.7 cm³/mol. The Kier molecular flexibility index (Phi) is 4.97. The smallest absolute Gasteiger partial charge is 0.293 e. The molecule has 1 aliphatic rings. The first kappa shape index (κ1) is 18.0. The molecule has 1 aliphatic heterocycles. The van der Waals surface area contributed by atoms with E-state index in [-0.39, 0.29) is 27.9 Å². The summed E-state index contributed by atoms with van der Waals surface area (Å²) in [4.78, 5) is 36.1. The number of halogens is 1. The number of nitrogens with zero attached hydrogens (tertiary/aromatic N) is 2. The lowest BCUT2D eigenvalue weighted by atomic mass is 10.2. The van der Waals surface area contributed by atoms with Crippen LogP contribution in [0.25, 0.3) is 6.08 Å².